The zero-order chi connectivity index (χ0) is 13.0. The molecule has 1 fully saturated rings. The standard InChI is InChI=1S/C12H13FN2O2S/c13-9-3-1-8(2-4-9)11(16)5-14-12(17)10-6-18-7-15-10/h1-4,10,15H,5-7H2,(H,14,17). The maximum absolute atomic E-state index is 12.7. The highest BCUT2D eigenvalue weighted by atomic mass is 32.2. The number of carbonyl (C=O) groups excluding carboxylic acids is 2. The molecule has 1 atom stereocenters. The Balaban J connectivity index is 1.84. The minimum absolute atomic E-state index is 0.0622. The number of rotatable bonds is 4. The van der Waals surface area contributed by atoms with Crippen LogP contribution in [0, 0.1) is 5.82 Å². The lowest BCUT2D eigenvalue weighted by atomic mass is 10.1. The molecule has 0 saturated carbocycles. The van der Waals surface area contributed by atoms with Crippen LogP contribution in [0.15, 0.2) is 24.3 Å². The molecule has 2 N–H and O–H groups in total. The smallest absolute Gasteiger partial charge is 0.238 e. The summed E-state index contributed by atoms with van der Waals surface area (Å²) in [4.78, 5) is 23.3. The van der Waals surface area contributed by atoms with E-state index >= 15 is 0 Å². The summed E-state index contributed by atoms with van der Waals surface area (Å²) in [6, 6.07) is 5.05. The van der Waals surface area contributed by atoms with Gasteiger partial charge in [0.1, 0.15) is 5.82 Å². The first-order valence-electron chi connectivity index (χ1n) is 5.54. The molecule has 1 aliphatic heterocycles. The van der Waals surface area contributed by atoms with E-state index in [1.807, 2.05) is 0 Å². The van der Waals surface area contributed by atoms with E-state index in [0.29, 0.717) is 5.56 Å². The molecule has 0 bridgehead atoms. The SMILES string of the molecule is O=C(CNC(=O)C1CSCN1)c1ccc(F)cc1. The molecule has 6 heteroatoms. The fourth-order valence-electron chi connectivity index (χ4n) is 1.59. The topological polar surface area (TPSA) is 58.2 Å². The number of nitrogens with one attached hydrogen (secondary N) is 2. The first-order chi connectivity index (χ1) is 8.66. The molecule has 96 valence electrons. The molecule has 0 aromatic heterocycles. The van der Waals surface area contributed by atoms with Gasteiger partial charge in [0.05, 0.1) is 12.6 Å². The van der Waals surface area contributed by atoms with Gasteiger partial charge in [-0.25, -0.2) is 4.39 Å². The molecule has 0 aliphatic carbocycles. The third-order valence-electron chi connectivity index (χ3n) is 2.62. The summed E-state index contributed by atoms with van der Waals surface area (Å²) in [5.74, 6) is 0.688. The van der Waals surface area contributed by atoms with Gasteiger partial charge in [0.25, 0.3) is 0 Å². The van der Waals surface area contributed by atoms with Crippen LogP contribution in [0.1, 0.15) is 10.4 Å². The van der Waals surface area contributed by atoms with Crippen LogP contribution in [-0.4, -0.2) is 35.9 Å². The van der Waals surface area contributed by atoms with E-state index in [0.717, 1.165) is 11.6 Å². The Morgan fingerprint density at radius 3 is 2.72 bits per heavy atom. The van der Waals surface area contributed by atoms with Gasteiger partial charge in [-0.3, -0.25) is 14.9 Å². The second-order valence-electron chi connectivity index (χ2n) is 3.92. The van der Waals surface area contributed by atoms with Gasteiger partial charge in [-0.2, -0.15) is 0 Å². The summed E-state index contributed by atoms with van der Waals surface area (Å²) in [5, 5.41) is 5.60. The van der Waals surface area contributed by atoms with Gasteiger partial charge in [-0.1, -0.05) is 0 Å². The summed E-state index contributed by atoms with van der Waals surface area (Å²) in [5.41, 5.74) is 0.394. The molecule has 18 heavy (non-hydrogen) atoms. The van der Waals surface area contributed by atoms with Gasteiger partial charge in [0.2, 0.25) is 5.91 Å². The van der Waals surface area contributed by atoms with Crippen LogP contribution in [0.2, 0.25) is 0 Å². The number of amides is 1. The highest BCUT2D eigenvalue weighted by Crippen LogP contribution is 2.09. The molecule has 4 nitrogen and oxygen atoms in total. The third kappa shape index (κ3) is 3.30. The minimum Gasteiger partial charge on any atom is -0.347 e. The van der Waals surface area contributed by atoms with Crippen LogP contribution in [-0.2, 0) is 4.79 Å². The van der Waals surface area contributed by atoms with E-state index in [2.05, 4.69) is 10.6 Å². The van der Waals surface area contributed by atoms with E-state index in [9.17, 15) is 14.0 Å². The van der Waals surface area contributed by atoms with Crippen molar-refractivity contribution in [3.63, 3.8) is 0 Å². The monoisotopic (exact) mass is 268 g/mol. The quantitative estimate of drug-likeness (QED) is 0.793. The highest BCUT2D eigenvalue weighted by molar-refractivity contribution is 7.99. The zero-order valence-electron chi connectivity index (χ0n) is 9.61. The van der Waals surface area contributed by atoms with Crippen LogP contribution in [0.3, 0.4) is 0 Å². The second kappa shape index (κ2) is 5.97. The van der Waals surface area contributed by atoms with Gasteiger partial charge in [0.15, 0.2) is 5.78 Å². The van der Waals surface area contributed by atoms with Gasteiger partial charge in [0, 0.05) is 17.2 Å². The van der Waals surface area contributed by atoms with Gasteiger partial charge >= 0.3 is 0 Å². The van der Waals surface area contributed by atoms with Crippen molar-refractivity contribution in [3.8, 4) is 0 Å². The van der Waals surface area contributed by atoms with Gasteiger partial charge in [-0.15, -0.1) is 11.8 Å². The van der Waals surface area contributed by atoms with Crippen molar-refractivity contribution in [2.45, 2.75) is 6.04 Å². The molecule has 1 aromatic rings. The first-order valence-corrected chi connectivity index (χ1v) is 6.70. The van der Waals surface area contributed by atoms with Crippen LogP contribution in [0.25, 0.3) is 0 Å². The summed E-state index contributed by atoms with van der Waals surface area (Å²) < 4.78 is 12.7. The maximum atomic E-state index is 12.7. The van der Waals surface area contributed by atoms with Crippen molar-refractivity contribution in [1.82, 2.24) is 10.6 Å². The molecule has 2 rings (SSSR count). The summed E-state index contributed by atoms with van der Waals surface area (Å²) in [7, 11) is 0. The number of thioether (sulfide) groups is 1. The van der Waals surface area contributed by atoms with Crippen molar-refractivity contribution in [2.75, 3.05) is 18.2 Å². The molecule has 1 heterocycles. The lowest BCUT2D eigenvalue weighted by Gasteiger charge is -2.09. The lowest BCUT2D eigenvalue weighted by molar-refractivity contribution is -0.122. The molecule has 0 spiro atoms. The number of benzene rings is 1. The van der Waals surface area contributed by atoms with E-state index in [1.54, 1.807) is 11.8 Å². The number of hydrogen-bond donors (Lipinski definition) is 2. The van der Waals surface area contributed by atoms with Gasteiger partial charge in [-0.05, 0) is 24.3 Å². The predicted octanol–water partition coefficient (Wildman–Crippen LogP) is 0.787. The highest BCUT2D eigenvalue weighted by Gasteiger charge is 2.22. The number of hydrogen-bond acceptors (Lipinski definition) is 4. The van der Waals surface area contributed by atoms with Crippen LogP contribution >= 0.6 is 11.8 Å². The van der Waals surface area contributed by atoms with Crippen LogP contribution in [0.4, 0.5) is 4.39 Å². The Kier molecular flexibility index (Phi) is 4.33. The number of ketones is 1. The first kappa shape index (κ1) is 13.0. The van der Waals surface area contributed by atoms with Crippen molar-refractivity contribution in [1.29, 1.82) is 0 Å². The fourth-order valence-corrected chi connectivity index (χ4v) is 2.53. The maximum Gasteiger partial charge on any atom is 0.238 e. The largest absolute Gasteiger partial charge is 0.347 e. The van der Waals surface area contributed by atoms with E-state index < -0.39 is 0 Å². The van der Waals surface area contributed by atoms with Crippen LogP contribution < -0.4 is 10.6 Å². The lowest BCUT2D eigenvalue weighted by Crippen LogP contribution is -2.43. The normalized spacial score (nSPS) is 18.6. The van der Waals surface area contributed by atoms with Gasteiger partial charge < -0.3 is 5.32 Å². The van der Waals surface area contributed by atoms with Crippen molar-refractivity contribution < 1.29 is 14.0 Å². The average Bonchev–Trinajstić information content (AvgIpc) is 2.90. The average molecular weight is 268 g/mol. The molecule has 1 unspecified atom stereocenters. The molecule has 1 saturated heterocycles. The Morgan fingerprint density at radius 2 is 2.11 bits per heavy atom. The molecule has 0 radical (unpaired) electrons. The Labute approximate surface area is 108 Å². The zero-order valence-corrected chi connectivity index (χ0v) is 10.4. The predicted molar refractivity (Wildman–Crippen MR) is 68.0 cm³/mol. The van der Waals surface area contributed by atoms with E-state index in [-0.39, 0.29) is 30.1 Å². The van der Waals surface area contributed by atoms with Crippen LogP contribution in [0.5, 0.6) is 0 Å². The Morgan fingerprint density at radius 1 is 1.39 bits per heavy atom. The Bertz CT molecular complexity index is 444. The minimum atomic E-state index is -0.386. The fraction of sp³-hybridized carbons (Fsp3) is 0.333. The number of Topliss-reactive ketones (excluding diaryl/α,β-unsaturated/α-hetero) is 1. The molecular weight excluding hydrogens is 255 g/mol. The molecule has 1 aromatic carbocycles. The molecular formula is C12H13FN2O2S. The Hall–Kier alpha value is -1.40. The van der Waals surface area contributed by atoms with Crippen molar-refractivity contribution in [3.05, 3.63) is 35.6 Å². The molecule has 1 amide bonds. The van der Waals surface area contributed by atoms with E-state index in [4.69, 9.17) is 0 Å². The number of carbonyl (C=O) groups is 2. The van der Waals surface area contributed by atoms with Crippen molar-refractivity contribution >= 4 is 23.5 Å². The van der Waals surface area contributed by atoms with E-state index in [1.165, 1.54) is 24.3 Å². The summed E-state index contributed by atoms with van der Waals surface area (Å²) in [6.45, 7) is -0.0622. The number of halogens is 1. The van der Waals surface area contributed by atoms with Crippen molar-refractivity contribution in [2.24, 2.45) is 0 Å². The second-order valence-corrected chi connectivity index (χ2v) is 4.95. The summed E-state index contributed by atoms with van der Waals surface area (Å²) in [6.07, 6.45) is 0. The summed E-state index contributed by atoms with van der Waals surface area (Å²) >= 11 is 1.64. The molecule has 1 aliphatic rings. The third-order valence-corrected chi connectivity index (χ3v) is 3.56.